The first-order valence-electron chi connectivity index (χ1n) is 10.5. The predicted octanol–water partition coefficient (Wildman–Crippen LogP) is 3.50. The number of hydrogen-bond acceptors (Lipinski definition) is 9. The van der Waals surface area contributed by atoms with E-state index in [1.807, 2.05) is 18.2 Å². The molecule has 2 aromatic carbocycles. The van der Waals surface area contributed by atoms with Crippen LogP contribution in [0.15, 0.2) is 48.5 Å². The fourth-order valence-electron chi connectivity index (χ4n) is 3.54. The van der Waals surface area contributed by atoms with E-state index in [0.717, 1.165) is 0 Å². The highest BCUT2D eigenvalue weighted by atomic mass is 16.6. The van der Waals surface area contributed by atoms with Crippen LogP contribution in [-0.2, 0) is 16.0 Å². The Hall–Kier alpha value is -4.54. The quantitative estimate of drug-likeness (QED) is 0.179. The third-order valence-corrected chi connectivity index (χ3v) is 5.14. The highest BCUT2D eigenvalue weighted by molar-refractivity contribution is 6.08. The fraction of sp³-hybridized carbons (Fsp3) is 0.217. The molecule has 174 valence electrons. The van der Waals surface area contributed by atoms with Crippen molar-refractivity contribution in [2.24, 2.45) is 0 Å². The highest BCUT2D eigenvalue weighted by Crippen LogP contribution is 2.28. The van der Waals surface area contributed by atoms with Crippen molar-refractivity contribution in [1.82, 2.24) is 14.5 Å². The van der Waals surface area contributed by atoms with Gasteiger partial charge in [0.15, 0.2) is 5.65 Å². The SMILES string of the molecule is CCOC(=O)c1c(N)n(CCCOC(=O)c2ccc([N+](=O)[O-])cc2)c2nc3ccccc3nc12. The topological polar surface area (TPSA) is 152 Å². The summed E-state index contributed by atoms with van der Waals surface area (Å²) >= 11 is 0. The smallest absolute Gasteiger partial charge is 0.344 e. The first-order valence-corrected chi connectivity index (χ1v) is 10.5. The number of benzene rings is 2. The maximum Gasteiger partial charge on any atom is 0.344 e. The molecule has 11 nitrogen and oxygen atoms in total. The van der Waals surface area contributed by atoms with Gasteiger partial charge in [-0.1, -0.05) is 12.1 Å². The summed E-state index contributed by atoms with van der Waals surface area (Å²) < 4.78 is 12.1. The first-order chi connectivity index (χ1) is 16.4. The fourth-order valence-corrected chi connectivity index (χ4v) is 3.54. The molecule has 0 fully saturated rings. The van der Waals surface area contributed by atoms with Gasteiger partial charge >= 0.3 is 11.9 Å². The van der Waals surface area contributed by atoms with Crippen molar-refractivity contribution in [1.29, 1.82) is 0 Å². The number of rotatable bonds is 8. The van der Waals surface area contributed by atoms with Crippen LogP contribution in [0.25, 0.3) is 22.2 Å². The van der Waals surface area contributed by atoms with Gasteiger partial charge in [0.1, 0.15) is 16.9 Å². The molecule has 0 amide bonds. The standard InChI is InChI=1S/C23H21N5O6/c1-2-33-23(30)18-19-21(26-17-7-4-3-6-16(17)25-19)27(20(18)24)12-5-13-34-22(29)14-8-10-15(11-9-14)28(31)32/h3-4,6-11H,2,5,12-13,24H2,1H3. The van der Waals surface area contributed by atoms with Crippen LogP contribution in [0.3, 0.4) is 0 Å². The number of aromatic nitrogens is 3. The number of nitro groups is 1. The molecule has 2 aromatic heterocycles. The van der Waals surface area contributed by atoms with Gasteiger partial charge < -0.3 is 19.8 Å². The van der Waals surface area contributed by atoms with Crippen molar-refractivity contribution >= 4 is 45.6 Å². The third-order valence-electron chi connectivity index (χ3n) is 5.14. The van der Waals surface area contributed by atoms with Crippen molar-refractivity contribution in [3.05, 3.63) is 69.8 Å². The lowest BCUT2D eigenvalue weighted by molar-refractivity contribution is -0.384. The number of ether oxygens (including phenoxy) is 2. The second-order valence-electron chi connectivity index (χ2n) is 7.31. The lowest BCUT2D eigenvalue weighted by atomic mass is 10.2. The first kappa shape index (κ1) is 22.6. The zero-order valence-electron chi connectivity index (χ0n) is 18.3. The number of carbonyl (C=O) groups is 2. The van der Waals surface area contributed by atoms with E-state index in [4.69, 9.17) is 15.2 Å². The van der Waals surface area contributed by atoms with Crippen molar-refractivity contribution in [2.75, 3.05) is 18.9 Å². The maximum absolute atomic E-state index is 12.6. The second-order valence-corrected chi connectivity index (χ2v) is 7.31. The van der Waals surface area contributed by atoms with Gasteiger partial charge in [0.25, 0.3) is 5.69 Å². The summed E-state index contributed by atoms with van der Waals surface area (Å²) in [7, 11) is 0. The number of anilines is 1. The van der Waals surface area contributed by atoms with E-state index in [2.05, 4.69) is 9.97 Å². The Labute approximate surface area is 193 Å². The molecule has 0 bridgehead atoms. The molecule has 4 rings (SSSR count). The minimum Gasteiger partial charge on any atom is -0.462 e. The number of carbonyl (C=O) groups excluding carboxylic acids is 2. The molecule has 0 aliphatic carbocycles. The van der Waals surface area contributed by atoms with Gasteiger partial charge in [-0.05, 0) is 37.6 Å². The molecule has 11 heteroatoms. The van der Waals surface area contributed by atoms with E-state index in [1.165, 1.54) is 24.3 Å². The number of non-ortho nitro benzene ring substituents is 1. The number of fused-ring (bicyclic) bond motifs is 2. The van der Waals surface area contributed by atoms with Crippen molar-refractivity contribution in [3.8, 4) is 0 Å². The van der Waals surface area contributed by atoms with Gasteiger partial charge in [0, 0.05) is 18.7 Å². The number of nitrogens with zero attached hydrogens (tertiary/aromatic N) is 4. The summed E-state index contributed by atoms with van der Waals surface area (Å²) in [6, 6.07) is 12.4. The molecule has 0 atom stereocenters. The van der Waals surface area contributed by atoms with Gasteiger partial charge in [0.05, 0.1) is 34.7 Å². The third kappa shape index (κ3) is 4.35. The summed E-state index contributed by atoms with van der Waals surface area (Å²) in [6.07, 6.45) is 0.378. The van der Waals surface area contributed by atoms with Crippen LogP contribution in [-0.4, -0.2) is 44.6 Å². The minimum atomic E-state index is -0.599. The van der Waals surface area contributed by atoms with E-state index >= 15 is 0 Å². The van der Waals surface area contributed by atoms with E-state index in [1.54, 1.807) is 17.6 Å². The Bertz CT molecular complexity index is 1400. The zero-order chi connectivity index (χ0) is 24.2. The lowest BCUT2D eigenvalue weighted by Gasteiger charge is -2.09. The van der Waals surface area contributed by atoms with Crippen molar-refractivity contribution in [2.45, 2.75) is 19.9 Å². The molecule has 4 aromatic rings. The molecular formula is C23H21N5O6. The number of nitrogen functional groups attached to an aromatic ring is 1. The number of aryl methyl sites for hydroxylation is 1. The van der Waals surface area contributed by atoms with Crippen molar-refractivity contribution < 1.29 is 24.0 Å². The molecule has 0 saturated heterocycles. The molecule has 0 aliphatic heterocycles. The molecule has 0 radical (unpaired) electrons. The van der Waals surface area contributed by atoms with Gasteiger partial charge in [-0.15, -0.1) is 0 Å². The summed E-state index contributed by atoms with van der Waals surface area (Å²) in [5.41, 5.74) is 8.59. The molecular weight excluding hydrogens is 442 g/mol. The Morgan fingerprint density at radius 1 is 1.03 bits per heavy atom. The average molecular weight is 463 g/mol. The van der Waals surface area contributed by atoms with Crippen LogP contribution < -0.4 is 5.73 Å². The molecule has 0 spiro atoms. The Morgan fingerprint density at radius 3 is 2.35 bits per heavy atom. The van der Waals surface area contributed by atoms with Crippen LogP contribution in [0.2, 0.25) is 0 Å². The summed E-state index contributed by atoms with van der Waals surface area (Å²) in [6.45, 7) is 2.26. The largest absolute Gasteiger partial charge is 0.462 e. The van der Waals surface area contributed by atoms with Crippen LogP contribution >= 0.6 is 0 Å². The van der Waals surface area contributed by atoms with E-state index in [-0.39, 0.29) is 35.8 Å². The lowest BCUT2D eigenvalue weighted by Crippen LogP contribution is -2.12. The summed E-state index contributed by atoms with van der Waals surface area (Å²) in [5.74, 6) is -1.01. The zero-order valence-corrected chi connectivity index (χ0v) is 18.3. The average Bonchev–Trinajstić information content (AvgIpc) is 3.10. The maximum atomic E-state index is 12.6. The normalized spacial score (nSPS) is 11.0. The summed E-state index contributed by atoms with van der Waals surface area (Å²) in [4.78, 5) is 44.2. The monoisotopic (exact) mass is 463 g/mol. The van der Waals surface area contributed by atoms with E-state index in [9.17, 15) is 19.7 Å². The number of nitrogens with two attached hydrogens (primary N) is 1. The Morgan fingerprint density at radius 2 is 1.71 bits per heavy atom. The molecule has 0 aliphatic rings. The van der Waals surface area contributed by atoms with Crippen molar-refractivity contribution in [3.63, 3.8) is 0 Å². The molecule has 0 unspecified atom stereocenters. The number of esters is 2. The van der Waals surface area contributed by atoms with Crippen LogP contribution in [0.1, 0.15) is 34.1 Å². The van der Waals surface area contributed by atoms with Gasteiger partial charge in [-0.3, -0.25) is 10.1 Å². The van der Waals surface area contributed by atoms with Gasteiger partial charge in [-0.2, -0.15) is 0 Å². The molecule has 2 N–H and O–H groups in total. The predicted molar refractivity (Wildman–Crippen MR) is 123 cm³/mol. The highest BCUT2D eigenvalue weighted by Gasteiger charge is 2.24. The van der Waals surface area contributed by atoms with E-state index < -0.39 is 16.9 Å². The van der Waals surface area contributed by atoms with Gasteiger partial charge in [-0.25, -0.2) is 19.6 Å². The number of hydrogen-bond donors (Lipinski definition) is 1. The minimum absolute atomic E-state index is 0.0602. The summed E-state index contributed by atoms with van der Waals surface area (Å²) in [5, 5.41) is 10.7. The number of para-hydroxylation sites is 2. The second kappa shape index (κ2) is 9.53. The number of nitro benzene ring substituents is 1. The van der Waals surface area contributed by atoms with Crippen LogP contribution in [0.5, 0.6) is 0 Å². The molecule has 2 heterocycles. The molecule has 34 heavy (non-hydrogen) atoms. The van der Waals surface area contributed by atoms with Crippen LogP contribution in [0.4, 0.5) is 11.5 Å². The van der Waals surface area contributed by atoms with Gasteiger partial charge in [0.2, 0.25) is 0 Å². The van der Waals surface area contributed by atoms with Crippen LogP contribution in [0, 0.1) is 10.1 Å². The molecule has 0 saturated carbocycles. The van der Waals surface area contributed by atoms with E-state index in [0.29, 0.717) is 35.2 Å². The Balaban J connectivity index is 1.53. The Kier molecular flexibility index (Phi) is 6.35.